The van der Waals surface area contributed by atoms with Gasteiger partial charge in [-0.25, -0.2) is 0 Å². The molecule has 1 aliphatic carbocycles. The largest absolute Gasteiger partial charge is 0.352 e. The molecule has 5 heteroatoms. The molecule has 2 amide bonds. The van der Waals surface area contributed by atoms with Gasteiger partial charge in [0.1, 0.15) is 0 Å². The van der Waals surface area contributed by atoms with E-state index in [1.165, 1.54) is 0 Å². The van der Waals surface area contributed by atoms with Crippen molar-refractivity contribution in [1.82, 2.24) is 5.32 Å². The average molecular weight is 275 g/mol. The van der Waals surface area contributed by atoms with E-state index in [4.69, 9.17) is 5.73 Å². The summed E-state index contributed by atoms with van der Waals surface area (Å²) in [4.78, 5) is 23.2. The van der Waals surface area contributed by atoms with E-state index in [1.54, 1.807) is 0 Å². The fourth-order valence-electron chi connectivity index (χ4n) is 2.09. The van der Waals surface area contributed by atoms with Gasteiger partial charge in [-0.1, -0.05) is 18.6 Å². The second-order valence-corrected chi connectivity index (χ2v) is 5.13. The second kappa shape index (κ2) is 7.05. The number of amides is 2. The van der Waals surface area contributed by atoms with Crippen LogP contribution in [0.1, 0.15) is 31.2 Å². The van der Waals surface area contributed by atoms with Gasteiger partial charge in [-0.05, 0) is 30.5 Å². The van der Waals surface area contributed by atoms with Crippen molar-refractivity contribution in [3.63, 3.8) is 0 Å². The number of nitrogens with two attached hydrogens (primary N) is 1. The lowest BCUT2D eigenvalue weighted by Gasteiger charge is -2.24. The Morgan fingerprint density at radius 3 is 2.75 bits per heavy atom. The van der Waals surface area contributed by atoms with Gasteiger partial charge in [0, 0.05) is 31.1 Å². The molecule has 0 bridgehead atoms. The Hall–Kier alpha value is -1.88. The number of hydrogen-bond acceptors (Lipinski definition) is 3. The lowest BCUT2D eigenvalue weighted by molar-refractivity contribution is -0.122. The molecule has 1 saturated carbocycles. The second-order valence-electron chi connectivity index (χ2n) is 5.13. The molecule has 0 radical (unpaired) electrons. The van der Waals surface area contributed by atoms with E-state index in [2.05, 4.69) is 10.6 Å². The first kappa shape index (κ1) is 14.5. The summed E-state index contributed by atoms with van der Waals surface area (Å²) in [7, 11) is 0. The molecule has 0 aromatic heterocycles. The predicted molar refractivity (Wildman–Crippen MR) is 77.9 cm³/mol. The molecule has 1 aromatic carbocycles. The van der Waals surface area contributed by atoms with Gasteiger partial charge >= 0.3 is 0 Å². The van der Waals surface area contributed by atoms with Crippen LogP contribution in [0.15, 0.2) is 24.3 Å². The quantitative estimate of drug-likeness (QED) is 0.733. The normalized spacial score (nSPS) is 14.4. The third-order valence-electron chi connectivity index (χ3n) is 3.53. The average Bonchev–Trinajstić information content (AvgIpc) is 2.35. The third kappa shape index (κ3) is 4.06. The van der Waals surface area contributed by atoms with Crippen LogP contribution in [-0.4, -0.2) is 18.4 Å². The van der Waals surface area contributed by atoms with Gasteiger partial charge in [-0.2, -0.15) is 0 Å². The maximum atomic E-state index is 11.9. The van der Waals surface area contributed by atoms with Crippen LogP contribution in [0.4, 0.5) is 5.69 Å². The van der Waals surface area contributed by atoms with Gasteiger partial charge in [0.05, 0.1) is 0 Å². The minimum absolute atomic E-state index is 0.0589. The first-order valence-electron chi connectivity index (χ1n) is 7.05. The Bertz CT molecular complexity index is 484. The van der Waals surface area contributed by atoms with E-state index < -0.39 is 0 Å². The highest BCUT2D eigenvalue weighted by Crippen LogP contribution is 2.27. The smallest absolute Gasteiger partial charge is 0.227 e. The number of carbonyl (C=O) groups is 2. The summed E-state index contributed by atoms with van der Waals surface area (Å²) in [5.41, 5.74) is 7.06. The highest BCUT2D eigenvalue weighted by atomic mass is 16.2. The fourth-order valence-corrected chi connectivity index (χ4v) is 2.09. The van der Waals surface area contributed by atoms with Crippen LogP contribution >= 0.6 is 0 Å². The van der Waals surface area contributed by atoms with E-state index >= 15 is 0 Å². The third-order valence-corrected chi connectivity index (χ3v) is 3.53. The fraction of sp³-hybridized carbons (Fsp3) is 0.467. The van der Waals surface area contributed by atoms with Crippen LogP contribution < -0.4 is 16.4 Å². The Labute approximate surface area is 118 Å². The lowest BCUT2D eigenvalue weighted by atomic mass is 9.85. The van der Waals surface area contributed by atoms with Gasteiger partial charge in [0.15, 0.2) is 0 Å². The van der Waals surface area contributed by atoms with Crippen LogP contribution in [-0.2, 0) is 16.1 Å². The molecule has 0 spiro atoms. The molecule has 0 saturated heterocycles. The highest BCUT2D eigenvalue weighted by Gasteiger charge is 2.25. The Balaban J connectivity index is 1.86. The monoisotopic (exact) mass is 275 g/mol. The van der Waals surface area contributed by atoms with Crippen molar-refractivity contribution in [2.75, 3.05) is 11.9 Å². The molecule has 0 aliphatic heterocycles. The number of nitrogens with one attached hydrogen (secondary N) is 2. The molecule has 0 unspecified atom stereocenters. The highest BCUT2D eigenvalue weighted by molar-refractivity contribution is 5.93. The standard InChI is InChI=1S/C15H21N3O2/c16-8-7-14(19)17-10-11-3-1-6-13(9-11)18-15(20)12-4-2-5-12/h1,3,6,9,12H,2,4-5,7-8,10,16H2,(H,17,19)(H,18,20). The summed E-state index contributed by atoms with van der Waals surface area (Å²) in [5, 5.41) is 5.72. The topological polar surface area (TPSA) is 84.2 Å². The Morgan fingerprint density at radius 1 is 1.30 bits per heavy atom. The van der Waals surface area contributed by atoms with Crippen molar-refractivity contribution in [3.05, 3.63) is 29.8 Å². The number of rotatable bonds is 6. The lowest BCUT2D eigenvalue weighted by Crippen LogP contribution is -2.28. The van der Waals surface area contributed by atoms with Gasteiger partial charge in [0.2, 0.25) is 11.8 Å². The van der Waals surface area contributed by atoms with Gasteiger partial charge < -0.3 is 16.4 Å². The summed E-state index contributed by atoms with van der Waals surface area (Å²) >= 11 is 0. The zero-order valence-electron chi connectivity index (χ0n) is 11.5. The molecule has 0 atom stereocenters. The minimum Gasteiger partial charge on any atom is -0.352 e. The SMILES string of the molecule is NCCC(=O)NCc1cccc(NC(=O)C2CCC2)c1. The Kier molecular flexibility index (Phi) is 5.12. The summed E-state index contributed by atoms with van der Waals surface area (Å²) in [6, 6.07) is 7.55. The molecular formula is C15H21N3O2. The molecular weight excluding hydrogens is 254 g/mol. The molecule has 1 aliphatic rings. The molecule has 0 heterocycles. The maximum Gasteiger partial charge on any atom is 0.227 e. The van der Waals surface area contributed by atoms with Crippen molar-refractivity contribution in [2.45, 2.75) is 32.2 Å². The number of benzene rings is 1. The minimum atomic E-state index is -0.0589. The summed E-state index contributed by atoms with van der Waals surface area (Å²) in [6.45, 7) is 0.801. The molecule has 108 valence electrons. The van der Waals surface area contributed by atoms with Crippen molar-refractivity contribution in [3.8, 4) is 0 Å². The zero-order chi connectivity index (χ0) is 14.4. The van der Waals surface area contributed by atoms with Crippen molar-refractivity contribution in [2.24, 2.45) is 11.7 Å². The zero-order valence-corrected chi connectivity index (χ0v) is 11.5. The number of hydrogen-bond donors (Lipinski definition) is 3. The van der Waals surface area contributed by atoms with Gasteiger partial charge in [0.25, 0.3) is 0 Å². The summed E-state index contributed by atoms with van der Waals surface area (Å²) in [6.07, 6.45) is 3.45. The maximum absolute atomic E-state index is 11.9. The summed E-state index contributed by atoms with van der Waals surface area (Å²) < 4.78 is 0. The molecule has 5 nitrogen and oxygen atoms in total. The van der Waals surface area contributed by atoms with Crippen LogP contribution in [0.25, 0.3) is 0 Å². The summed E-state index contributed by atoms with van der Waals surface area (Å²) in [5.74, 6) is 0.208. The number of carbonyl (C=O) groups excluding carboxylic acids is 2. The van der Waals surface area contributed by atoms with E-state index in [1.807, 2.05) is 24.3 Å². The predicted octanol–water partition coefficient (Wildman–Crippen LogP) is 1.39. The van der Waals surface area contributed by atoms with Gasteiger partial charge in [-0.15, -0.1) is 0 Å². The van der Waals surface area contributed by atoms with Crippen molar-refractivity contribution < 1.29 is 9.59 Å². The van der Waals surface area contributed by atoms with E-state index in [0.717, 1.165) is 30.5 Å². The van der Waals surface area contributed by atoms with Gasteiger partial charge in [-0.3, -0.25) is 9.59 Å². The molecule has 2 rings (SSSR count). The van der Waals surface area contributed by atoms with E-state index in [9.17, 15) is 9.59 Å². The first-order valence-corrected chi connectivity index (χ1v) is 7.05. The van der Waals surface area contributed by atoms with Crippen molar-refractivity contribution >= 4 is 17.5 Å². The van der Waals surface area contributed by atoms with E-state index in [0.29, 0.717) is 19.5 Å². The van der Waals surface area contributed by atoms with Crippen LogP contribution in [0.2, 0.25) is 0 Å². The number of anilines is 1. The Morgan fingerprint density at radius 2 is 2.10 bits per heavy atom. The molecule has 20 heavy (non-hydrogen) atoms. The molecule has 1 fully saturated rings. The van der Waals surface area contributed by atoms with Crippen LogP contribution in [0.3, 0.4) is 0 Å². The van der Waals surface area contributed by atoms with Crippen molar-refractivity contribution in [1.29, 1.82) is 0 Å². The molecule has 1 aromatic rings. The molecule has 4 N–H and O–H groups in total. The van der Waals surface area contributed by atoms with Crippen LogP contribution in [0.5, 0.6) is 0 Å². The van der Waals surface area contributed by atoms with E-state index in [-0.39, 0.29) is 17.7 Å². The first-order chi connectivity index (χ1) is 9.69. The van der Waals surface area contributed by atoms with Crippen LogP contribution in [0, 0.1) is 5.92 Å².